The van der Waals surface area contributed by atoms with Crippen molar-refractivity contribution in [1.82, 2.24) is 15.2 Å². The van der Waals surface area contributed by atoms with E-state index in [1.807, 2.05) is 52.4 Å². The van der Waals surface area contributed by atoms with Crippen LogP contribution < -0.4 is 10.6 Å². The van der Waals surface area contributed by atoms with E-state index >= 15 is 0 Å². The van der Waals surface area contributed by atoms with E-state index in [0.717, 1.165) is 15.8 Å². The molecule has 8 heteroatoms. The molecule has 0 saturated heterocycles. The zero-order valence-electron chi connectivity index (χ0n) is 16.6. The molecule has 0 radical (unpaired) electrons. The molecule has 2 heterocycles. The zero-order valence-corrected chi connectivity index (χ0v) is 17.4. The number of hydrogen-bond donors (Lipinski definition) is 2. The molecular weight excluding hydrogens is 400 g/mol. The van der Waals surface area contributed by atoms with Gasteiger partial charge in [0.1, 0.15) is 18.2 Å². The summed E-state index contributed by atoms with van der Waals surface area (Å²) >= 11 is 1.54. The van der Waals surface area contributed by atoms with Crippen molar-refractivity contribution in [2.75, 3.05) is 20.3 Å². The molecule has 154 valence electrons. The standard InChI is InChI=1S/C22H22N4O3S/c1-29-9-8-24-21(27)15-26-14-17(19-6-2-3-7-20(19)26)11-16(12-23)22(28)25-13-18-5-4-10-30-18/h2-7,10-11,14H,8-9,13,15H2,1H3,(H,24,27)(H,25,28). The first kappa shape index (κ1) is 21.3. The van der Waals surface area contributed by atoms with E-state index in [1.54, 1.807) is 19.4 Å². The summed E-state index contributed by atoms with van der Waals surface area (Å²) in [5, 5.41) is 17.9. The summed E-state index contributed by atoms with van der Waals surface area (Å²) in [5.41, 5.74) is 1.57. The van der Waals surface area contributed by atoms with Crippen LogP contribution in [0, 0.1) is 11.3 Å². The van der Waals surface area contributed by atoms with Gasteiger partial charge in [-0.1, -0.05) is 24.3 Å². The van der Waals surface area contributed by atoms with Crippen molar-refractivity contribution in [2.24, 2.45) is 0 Å². The molecule has 2 N–H and O–H groups in total. The van der Waals surface area contributed by atoms with Crippen LogP contribution in [0.2, 0.25) is 0 Å². The van der Waals surface area contributed by atoms with Crippen molar-refractivity contribution < 1.29 is 14.3 Å². The Morgan fingerprint density at radius 2 is 2.07 bits per heavy atom. The van der Waals surface area contributed by atoms with Gasteiger partial charge in [-0.3, -0.25) is 9.59 Å². The Kier molecular flexibility index (Phi) is 7.38. The maximum Gasteiger partial charge on any atom is 0.262 e. The van der Waals surface area contributed by atoms with Crippen LogP contribution in [0.3, 0.4) is 0 Å². The Morgan fingerprint density at radius 1 is 1.23 bits per heavy atom. The summed E-state index contributed by atoms with van der Waals surface area (Å²) in [6.07, 6.45) is 3.34. The summed E-state index contributed by atoms with van der Waals surface area (Å²) in [6.45, 7) is 1.38. The minimum atomic E-state index is -0.431. The van der Waals surface area contributed by atoms with Crippen LogP contribution in [0.15, 0.2) is 53.5 Å². The quantitative estimate of drug-likeness (QED) is 0.315. The van der Waals surface area contributed by atoms with E-state index in [9.17, 15) is 14.9 Å². The largest absolute Gasteiger partial charge is 0.383 e. The van der Waals surface area contributed by atoms with Crippen molar-refractivity contribution in [1.29, 1.82) is 5.26 Å². The number of nitriles is 1. The minimum absolute atomic E-state index is 0.0130. The molecule has 0 atom stereocenters. The molecule has 3 rings (SSSR count). The van der Waals surface area contributed by atoms with Crippen LogP contribution in [0.1, 0.15) is 10.4 Å². The van der Waals surface area contributed by atoms with E-state index in [2.05, 4.69) is 10.6 Å². The molecule has 1 aromatic carbocycles. The van der Waals surface area contributed by atoms with Crippen molar-refractivity contribution in [2.45, 2.75) is 13.1 Å². The third-order valence-corrected chi connectivity index (χ3v) is 5.31. The number of para-hydroxylation sites is 1. The number of carbonyl (C=O) groups is 2. The first-order valence-electron chi connectivity index (χ1n) is 9.38. The van der Waals surface area contributed by atoms with Crippen molar-refractivity contribution in [3.63, 3.8) is 0 Å². The molecule has 30 heavy (non-hydrogen) atoms. The van der Waals surface area contributed by atoms with E-state index in [0.29, 0.717) is 25.3 Å². The number of nitrogens with zero attached hydrogens (tertiary/aromatic N) is 2. The fourth-order valence-electron chi connectivity index (χ4n) is 3.00. The van der Waals surface area contributed by atoms with Gasteiger partial charge in [0.15, 0.2) is 0 Å². The van der Waals surface area contributed by atoms with Gasteiger partial charge in [0.2, 0.25) is 5.91 Å². The number of methoxy groups -OCH3 is 1. The zero-order chi connectivity index (χ0) is 21.3. The predicted octanol–water partition coefficient (Wildman–Crippen LogP) is 2.69. The smallest absolute Gasteiger partial charge is 0.262 e. The first-order valence-corrected chi connectivity index (χ1v) is 10.3. The summed E-state index contributed by atoms with van der Waals surface area (Å²) in [5.74, 6) is -0.572. The topological polar surface area (TPSA) is 96.2 Å². The lowest BCUT2D eigenvalue weighted by molar-refractivity contribution is -0.121. The number of ether oxygens (including phenoxy) is 1. The monoisotopic (exact) mass is 422 g/mol. The Labute approximate surface area is 178 Å². The lowest BCUT2D eigenvalue weighted by atomic mass is 10.1. The number of amides is 2. The molecule has 7 nitrogen and oxygen atoms in total. The average Bonchev–Trinajstić information content (AvgIpc) is 3.39. The number of fused-ring (bicyclic) bond motifs is 1. The van der Waals surface area contributed by atoms with Crippen LogP contribution in [0.5, 0.6) is 0 Å². The van der Waals surface area contributed by atoms with E-state index in [-0.39, 0.29) is 18.0 Å². The van der Waals surface area contributed by atoms with Crippen LogP contribution >= 0.6 is 11.3 Å². The lowest BCUT2D eigenvalue weighted by Crippen LogP contribution is -2.30. The average molecular weight is 423 g/mol. The van der Waals surface area contributed by atoms with Crippen LogP contribution in [0.4, 0.5) is 0 Å². The van der Waals surface area contributed by atoms with Gasteiger partial charge < -0.3 is 19.9 Å². The minimum Gasteiger partial charge on any atom is -0.383 e. The highest BCUT2D eigenvalue weighted by atomic mass is 32.1. The molecule has 3 aromatic rings. The molecule has 2 aromatic heterocycles. The van der Waals surface area contributed by atoms with Gasteiger partial charge in [0.05, 0.1) is 13.2 Å². The van der Waals surface area contributed by atoms with Gasteiger partial charge in [-0.2, -0.15) is 5.26 Å². The highest BCUT2D eigenvalue weighted by Crippen LogP contribution is 2.23. The highest BCUT2D eigenvalue weighted by molar-refractivity contribution is 7.09. The number of benzene rings is 1. The molecule has 0 aliphatic heterocycles. The molecule has 0 fully saturated rings. The molecule has 0 aliphatic rings. The Balaban J connectivity index is 1.81. The molecular formula is C22H22N4O3S. The summed E-state index contributed by atoms with van der Waals surface area (Å²) in [6, 6.07) is 13.4. The summed E-state index contributed by atoms with van der Waals surface area (Å²) < 4.78 is 6.75. The van der Waals surface area contributed by atoms with Gasteiger partial charge in [-0.25, -0.2) is 0 Å². The lowest BCUT2D eigenvalue weighted by Gasteiger charge is -2.06. The number of carbonyl (C=O) groups excluding carboxylic acids is 2. The van der Waals surface area contributed by atoms with Gasteiger partial charge in [0, 0.05) is 41.2 Å². The normalized spacial score (nSPS) is 11.3. The molecule has 0 spiro atoms. The second kappa shape index (κ2) is 10.4. The predicted molar refractivity (Wildman–Crippen MR) is 117 cm³/mol. The second-order valence-corrected chi connectivity index (χ2v) is 7.54. The van der Waals surface area contributed by atoms with E-state index in [4.69, 9.17) is 4.74 Å². The molecule has 0 bridgehead atoms. The first-order chi connectivity index (χ1) is 14.6. The maximum absolute atomic E-state index is 12.5. The van der Waals surface area contributed by atoms with Gasteiger partial charge in [0.25, 0.3) is 5.91 Å². The molecule has 0 unspecified atom stereocenters. The maximum atomic E-state index is 12.5. The molecule has 0 saturated carbocycles. The van der Waals surface area contributed by atoms with Gasteiger partial charge in [-0.15, -0.1) is 11.3 Å². The second-order valence-electron chi connectivity index (χ2n) is 6.50. The SMILES string of the molecule is COCCNC(=O)Cn1cc(C=C(C#N)C(=O)NCc2cccs2)c2ccccc21. The van der Waals surface area contributed by atoms with Crippen LogP contribution in [-0.4, -0.2) is 36.6 Å². The highest BCUT2D eigenvalue weighted by Gasteiger charge is 2.13. The fourth-order valence-corrected chi connectivity index (χ4v) is 3.65. The van der Waals surface area contributed by atoms with Crippen LogP contribution in [0.25, 0.3) is 17.0 Å². The number of rotatable bonds is 9. The van der Waals surface area contributed by atoms with E-state index < -0.39 is 5.91 Å². The third kappa shape index (κ3) is 5.35. The van der Waals surface area contributed by atoms with Crippen molar-refractivity contribution >= 4 is 40.1 Å². The van der Waals surface area contributed by atoms with Crippen molar-refractivity contribution in [3.05, 3.63) is 64.0 Å². The molecule has 2 amide bonds. The number of aromatic nitrogens is 1. The Hall–Kier alpha value is -3.41. The fraction of sp³-hybridized carbons (Fsp3) is 0.227. The van der Waals surface area contributed by atoms with Crippen LogP contribution in [-0.2, 0) is 27.4 Å². The van der Waals surface area contributed by atoms with E-state index in [1.165, 1.54) is 11.3 Å². The summed E-state index contributed by atoms with van der Waals surface area (Å²) in [7, 11) is 1.58. The number of nitrogens with one attached hydrogen (secondary N) is 2. The van der Waals surface area contributed by atoms with Gasteiger partial charge in [-0.05, 0) is 23.6 Å². The van der Waals surface area contributed by atoms with Gasteiger partial charge >= 0.3 is 0 Å². The number of thiophene rings is 1. The summed E-state index contributed by atoms with van der Waals surface area (Å²) in [4.78, 5) is 25.7. The number of hydrogen-bond acceptors (Lipinski definition) is 5. The Bertz CT molecular complexity index is 1090. The Morgan fingerprint density at radius 3 is 2.80 bits per heavy atom. The molecule has 0 aliphatic carbocycles. The third-order valence-electron chi connectivity index (χ3n) is 4.43. The van der Waals surface area contributed by atoms with Crippen molar-refractivity contribution in [3.8, 4) is 6.07 Å².